The summed E-state index contributed by atoms with van der Waals surface area (Å²) in [6, 6.07) is 3.87. The second-order valence-corrected chi connectivity index (χ2v) is 4.39. The SMILES string of the molecule is COc1c(C)cc(CC(O)C(C)N)cc1C. The number of benzene rings is 1. The molecule has 90 valence electrons. The molecule has 1 rings (SSSR count). The summed E-state index contributed by atoms with van der Waals surface area (Å²) < 4.78 is 5.30. The van der Waals surface area contributed by atoms with Crippen LogP contribution >= 0.6 is 0 Å². The lowest BCUT2D eigenvalue weighted by molar-refractivity contribution is 0.151. The third-order valence-corrected chi connectivity index (χ3v) is 2.78. The lowest BCUT2D eigenvalue weighted by Crippen LogP contribution is -2.33. The number of hydrogen-bond donors (Lipinski definition) is 2. The van der Waals surface area contributed by atoms with Crippen LogP contribution in [0.5, 0.6) is 5.75 Å². The molecule has 0 aliphatic rings. The van der Waals surface area contributed by atoms with Crippen LogP contribution in [0.1, 0.15) is 23.6 Å². The number of aliphatic hydroxyl groups excluding tert-OH is 1. The van der Waals surface area contributed by atoms with E-state index in [2.05, 4.69) is 0 Å². The summed E-state index contributed by atoms with van der Waals surface area (Å²) in [4.78, 5) is 0. The van der Waals surface area contributed by atoms with Crippen molar-refractivity contribution in [3.05, 3.63) is 28.8 Å². The molecule has 3 heteroatoms. The number of hydrogen-bond acceptors (Lipinski definition) is 3. The number of ether oxygens (including phenoxy) is 1. The van der Waals surface area contributed by atoms with Crippen molar-refractivity contribution in [2.24, 2.45) is 5.73 Å². The smallest absolute Gasteiger partial charge is 0.124 e. The van der Waals surface area contributed by atoms with Crippen LogP contribution in [0.4, 0.5) is 0 Å². The molecule has 0 aliphatic carbocycles. The quantitative estimate of drug-likeness (QED) is 0.814. The average molecular weight is 223 g/mol. The molecule has 0 aliphatic heterocycles. The minimum Gasteiger partial charge on any atom is -0.496 e. The third-order valence-electron chi connectivity index (χ3n) is 2.78. The molecule has 1 aromatic rings. The first-order chi connectivity index (χ1) is 7.45. The lowest BCUT2D eigenvalue weighted by atomic mass is 9.99. The zero-order valence-corrected chi connectivity index (χ0v) is 10.4. The van der Waals surface area contributed by atoms with Crippen molar-refractivity contribution < 1.29 is 9.84 Å². The molecule has 3 nitrogen and oxygen atoms in total. The fraction of sp³-hybridized carbons (Fsp3) is 0.538. The monoisotopic (exact) mass is 223 g/mol. The minimum atomic E-state index is -0.493. The Hall–Kier alpha value is -1.06. The van der Waals surface area contributed by atoms with E-state index in [0.717, 1.165) is 22.4 Å². The van der Waals surface area contributed by atoms with E-state index in [9.17, 15) is 5.11 Å². The predicted molar refractivity (Wildman–Crippen MR) is 65.8 cm³/mol. The molecule has 0 radical (unpaired) electrons. The summed E-state index contributed by atoms with van der Waals surface area (Å²) in [6.45, 7) is 5.83. The van der Waals surface area contributed by atoms with E-state index in [-0.39, 0.29) is 6.04 Å². The van der Waals surface area contributed by atoms with Gasteiger partial charge in [-0.25, -0.2) is 0 Å². The molecule has 2 unspecified atom stereocenters. The van der Waals surface area contributed by atoms with Crippen LogP contribution < -0.4 is 10.5 Å². The van der Waals surface area contributed by atoms with Gasteiger partial charge in [-0.05, 0) is 43.9 Å². The fourth-order valence-electron chi connectivity index (χ4n) is 1.91. The Labute approximate surface area is 97.2 Å². The molecule has 0 spiro atoms. The summed E-state index contributed by atoms with van der Waals surface area (Å²) in [5.74, 6) is 0.916. The number of nitrogens with two attached hydrogens (primary N) is 1. The Morgan fingerprint density at radius 1 is 1.31 bits per heavy atom. The standard InChI is InChI=1S/C13H21NO2/c1-8-5-11(7-12(15)10(3)14)6-9(2)13(8)16-4/h5-6,10,12,15H,7,14H2,1-4H3. The summed E-state index contributed by atoms with van der Waals surface area (Å²) >= 11 is 0. The van der Waals surface area contributed by atoms with Crippen LogP contribution in [0.25, 0.3) is 0 Å². The highest BCUT2D eigenvalue weighted by molar-refractivity contribution is 5.43. The van der Waals surface area contributed by atoms with Crippen molar-refractivity contribution in [3.63, 3.8) is 0 Å². The van der Waals surface area contributed by atoms with Gasteiger partial charge in [0.25, 0.3) is 0 Å². The summed E-state index contributed by atoms with van der Waals surface area (Å²) in [5, 5.41) is 9.73. The third kappa shape index (κ3) is 2.97. The maximum Gasteiger partial charge on any atom is 0.124 e. The van der Waals surface area contributed by atoms with Gasteiger partial charge in [0.2, 0.25) is 0 Å². The summed E-state index contributed by atoms with van der Waals surface area (Å²) in [6.07, 6.45) is 0.0933. The number of aliphatic hydroxyl groups is 1. The van der Waals surface area contributed by atoms with Crippen LogP contribution in [0.15, 0.2) is 12.1 Å². The molecule has 0 fully saturated rings. The molecule has 0 saturated heterocycles. The van der Waals surface area contributed by atoms with Gasteiger partial charge < -0.3 is 15.6 Å². The normalized spacial score (nSPS) is 14.6. The van der Waals surface area contributed by atoms with Gasteiger partial charge >= 0.3 is 0 Å². The average Bonchev–Trinajstić information content (AvgIpc) is 2.16. The van der Waals surface area contributed by atoms with E-state index in [1.165, 1.54) is 0 Å². The predicted octanol–water partition coefficient (Wildman–Crippen LogP) is 1.56. The first-order valence-corrected chi connectivity index (χ1v) is 5.53. The van der Waals surface area contributed by atoms with Gasteiger partial charge in [0.1, 0.15) is 5.75 Å². The molecule has 1 aromatic carbocycles. The van der Waals surface area contributed by atoms with Crippen molar-refractivity contribution >= 4 is 0 Å². The zero-order valence-electron chi connectivity index (χ0n) is 10.4. The van der Waals surface area contributed by atoms with E-state index < -0.39 is 6.10 Å². The molecular weight excluding hydrogens is 202 g/mol. The van der Waals surface area contributed by atoms with Gasteiger partial charge in [0.05, 0.1) is 13.2 Å². The van der Waals surface area contributed by atoms with Crippen LogP contribution in [0.3, 0.4) is 0 Å². The highest BCUT2D eigenvalue weighted by Gasteiger charge is 2.12. The van der Waals surface area contributed by atoms with Gasteiger partial charge in [-0.3, -0.25) is 0 Å². The second kappa shape index (κ2) is 5.32. The van der Waals surface area contributed by atoms with Crippen LogP contribution in [-0.2, 0) is 6.42 Å². The van der Waals surface area contributed by atoms with Gasteiger partial charge in [0.15, 0.2) is 0 Å². The van der Waals surface area contributed by atoms with Crippen LogP contribution in [0, 0.1) is 13.8 Å². The van der Waals surface area contributed by atoms with Crippen molar-refractivity contribution in [2.45, 2.75) is 39.3 Å². The fourth-order valence-corrected chi connectivity index (χ4v) is 1.91. The van der Waals surface area contributed by atoms with Gasteiger partial charge in [-0.15, -0.1) is 0 Å². The van der Waals surface area contributed by atoms with Crippen LogP contribution in [0.2, 0.25) is 0 Å². The van der Waals surface area contributed by atoms with E-state index in [1.54, 1.807) is 7.11 Å². The van der Waals surface area contributed by atoms with Crippen LogP contribution in [-0.4, -0.2) is 24.4 Å². The van der Waals surface area contributed by atoms with E-state index in [4.69, 9.17) is 10.5 Å². The Balaban J connectivity index is 2.91. The number of rotatable bonds is 4. The topological polar surface area (TPSA) is 55.5 Å². The first-order valence-electron chi connectivity index (χ1n) is 5.53. The molecule has 0 amide bonds. The van der Waals surface area contributed by atoms with Crippen molar-refractivity contribution in [1.82, 2.24) is 0 Å². The molecular formula is C13H21NO2. The highest BCUT2D eigenvalue weighted by atomic mass is 16.5. The zero-order chi connectivity index (χ0) is 12.3. The largest absolute Gasteiger partial charge is 0.496 e. The van der Waals surface area contributed by atoms with Gasteiger partial charge in [-0.2, -0.15) is 0 Å². The molecule has 0 aromatic heterocycles. The minimum absolute atomic E-state index is 0.206. The molecule has 0 saturated carbocycles. The second-order valence-electron chi connectivity index (χ2n) is 4.39. The molecule has 3 N–H and O–H groups in total. The van der Waals surface area contributed by atoms with Crippen molar-refractivity contribution in [1.29, 1.82) is 0 Å². The van der Waals surface area contributed by atoms with Crippen molar-refractivity contribution in [2.75, 3.05) is 7.11 Å². The Bertz CT molecular complexity index is 338. The van der Waals surface area contributed by atoms with E-state index >= 15 is 0 Å². The molecule has 2 atom stereocenters. The summed E-state index contributed by atoms with van der Waals surface area (Å²) in [5.41, 5.74) is 8.92. The first kappa shape index (κ1) is 13.0. The van der Waals surface area contributed by atoms with Crippen molar-refractivity contribution in [3.8, 4) is 5.75 Å². The lowest BCUT2D eigenvalue weighted by Gasteiger charge is -2.16. The molecule has 0 bridgehead atoms. The maximum atomic E-state index is 9.73. The number of aryl methyl sites for hydroxylation is 2. The van der Waals surface area contributed by atoms with Gasteiger partial charge in [-0.1, -0.05) is 12.1 Å². The highest BCUT2D eigenvalue weighted by Crippen LogP contribution is 2.24. The Morgan fingerprint density at radius 3 is 2.19 bits per heavy atom. The molecule has 16 heavy (non-hydrogen) atoms. The maximum absolute atomic E-state index is 9.73. The Morgan fingerprint density at radius 2 is 1.81 bits per heavy atom. The Kier molecular flexibility index (Phi) is 4.33. The van der Waals surface area contributed by atoms with Gasteiger partial charge in [0, 0.05) is 6.04 Å². The van der Waals surface area contributed by atoms with E-state index in [1.807, 2.05) is 32.9 Å². The van der Waals surface area contributed by atoms with E-state index in [0.29, 0.717) is 6.42 Å². The molecule has 0 heterocycles. The number of methoxy groups -OCH3 is 1. The summed E-state index contributed by atoms with van der Waals surface area (Å²) in [7, 11) is 1.67.